The Kier molecular flexibility index (Phi) is 10.8. The molecule has 12 heteroatoms. The highest BCUT2D eigenvalue weighted by molar-refractivity contribution is 7.98. The number of hydrogen-bond donors (Lipinski definition) is 2. The number of thioether (sulfide) groups is 1. The van der Waals surface area contributed by atoms with Gasteiger partial charge in [-0.1, -0.05) is 43.7 Å². The predicted molar refractivity (Wildman–Crippen MR) is 134 cm³/mol. The summed E-state index contributed by atoms with van der Waals surface area (Å²) in [6.45, 7) is 3.83. The smallest absolute Gasteiger partial charge is 0.277 e. The zero-order chi connectivity index (χ0) is 25.8. The van der Waals surface area contributed by atoms with Crippen LogP contribution in [-0.4, -0.2) is 39.2 Å². The van der Waals surface area contributed by atoms with Crippen LogP contribution in [-0.2, 0) is 10.5 Å². The highest BCUT2D eigenvalue weighted by atomic mass is 32.2. The van der Waals surface area contributed by atoms with Crippen molar-refractivity contribution in [2.24, 2.45) is 5.10 Å². The lowest BCUT2D eigenvalue weighted by Gasteiger charge is -2.17. The van der Waals surface area contributed by atoms with E-state index in [0.29, 0.717) is 12.2 Å². The van der Waals surface area contributed by atoms with Crippen LogP contribution in [0.5, 0.6) is 0 Å². The van der Waals surface area contributed by atoms with Crippen LogP contribution in [0, 0.1) is 20.2 Å². The molecule has 0 aliphatic rings. The monoisotopic (exact) mass is 501 g/mol. The molecule has 0 aromatic heterocycles. The average molecular weight is 502 g/mol. The Morgan fingerprint density at radius 2 is 1.69 bits per heavy atom. The standard InChI is InChI=1S/C23H27N5O6S/c1-3-4-8-16(2)25-26-23(30)21(15-35-14-17-9-6-5-7-10-17)24-22(29)18-11-19(27(31)32)13-20(12-18)28(33)34/h5-7,9-13,21H,3-4,8,14-15H2,1-2H3,(H,24,29)(H,26,30)/b25-16-/t21-/m0/s1. The summed E-state index contributed by atoms with van der Waals surface area (Å²) < 4.78 is 0. The number of carbonyl (C=O) groups is 2. The van der Waals surface area contributed by atoms with Crippen molar-refractivity contribution in [3.8, 4) is 0 Å². The van der Waals surface area contributed by atoms with Gasteiger partial charge in [-0.05, 0) is 25.3 Å². The Hall–Kier alpha value is -3.80. The second-order valence-corrected chi connectivity index (χ2v) is 8.74. The summed E-state index contributed by atoms with van der Waals surface area (Å²) in [5.41, 5.74) is 2.74. The Labute approximate surface area is 206 Å². The van der Waals surface area contributed by atoms with Gasteiger partial charge in [0.15, 0.2) is 0 Å². The third kappa shape index (κ3) is 9.16. The Morgan fingerprint density at radius 3 is 2.26 bits per heavy atom. The summed E-state index contributed by atoms with van der Waals surface area (Å²) in [7, 11) is 0. The summed E-state index contributed by atoms with van der Waals surface area (Å²) >= 11 is 1.40. The van der Waals surface area contributed by atoms with Gasteiger partial charge in [-0.2, -0.15) is 16.9 Å². The summed E-state index contributed by atoms with van der Waals surface area (Å²) in [6.07, 6.45) is 2.61. The van der Waals surface area contributed by atoms with Crippen molar-refractivity contribution in [1.29, 1.82) is 0 Å². The fraction of sp³-hybridized carbons (Fsp3) is 0.348. The molecule has 2 N–H and O–H groups in total. The number of nitro benzene ring substituents is 2. The van der Waals surface area contributed by atoms with E-state index in [1.54, 1.807) is 6.92 Å². The van der Waals surface area contributed by atoms with Crippen molar-refractivity contribution in [1.82, 2.24) is 10.7 Å². The molecule has 11 nitrogen and oxygen atoms in total. The van der Waals surface area contributed by atoms with E-state index >= 15 is 0 Å². The van der Waals surface area contributed by atoms with Gasteiger partial charge in [0.2, 0.25) is 0 Å². The summed E-state index contributed by atoms with van der Waals surface area (Å²) in [5.74, 6) is -0.632. The first kappa shape index (κ1) is 27.4. The molecule has 0 unspecified atom stereocenters. The molecule has 0 heterocycles. The minimum Gasteiger partial charge on any atom is -0.339 e. The van der Waals surface area contributed by atoms with E-state index in [0.717, 1.165) is 42.3 Å². The van der Waals surface area contributed by atoms with Crippen LogP contribution in [0.15, 0.2) is 53.6 Å². The molecule has 2 aromatic carbocycles. The number of carbonyl (C=O) groups excluding carboxylic acids is 2. The zero-order valence-electron chi connectivity index (χ0n) is 19.4. The van der Waals surface area contributed by atoms with E-state index in [-0.39, 0.29) is 11.3 Å². The minimum absolute atomic E-state index is 0.188. The lowest BCUT2D eigenvalue weighted by atomic mass is 10.1. The maximum Gasteiger partial charge on any atom is 0.277 e. The lowest BCUT2D eigenvalue weighted by molar-refractivity contribution is -0.394. The largest absolute Gasteiger partial charge is 0.339 e. The number of nitrogens with zero attached hydrogens (tertiary/aromatic N) is 3. The third-order valence-electron chi connectivity index (χ3n) is 4.85. The number of unbranched alkanes of at least 4 members (excludes halogenated alkanes) is 1. The molecule has 35 heavy (non-hydrogen) atoms. The van der Waals surface area contributed by atoms with E-state index in [4.69, 9.17) is 0 Å². The van der Waals surface area contributed by atoms with Crippen molar-refractivity contribution >= 4 is 40.7 Å². The van der Waals surface area contributed by atoms with Gasteiger partial charge in [0.1, 0.15) is 6.04 Å². The number of nitro groups is 2. The van der Waals surface area contributed by atoms with Crippen molar-refractivity contribution < 1.29 is 19.4 Å². The summed E-state index contributed by atoms with van der Waals surface area (Å²) in [4.78, 5) is 46.3. The molecule has 0 aliphatic heterocycles. The Balaban J connectivity index is 2.19. The second-order valence-electron chi connectivity index (χ2n) is 7.71. The molecule has 2 aromatic rings. The van der Waals surface area contributed by atoms with Crippen LogP contribution in [0.4, 0.5) is 11.4 Å². The molecular formula is C23H27N5O6S. The first-order valence-corrected chi connectivity index (χ1v) is 12.1. The maximum atomic E-state index is 12.8. The summed E-state index contributed by atoms with van der Waals surface area (Å²) in [6, 6.07) is 11.1. The SMILES string of the molecule is CCCC/C(C)=N\NC(=O)[C@H](CSCc1ccccc1)NC(=O)c1cc([N+](=O)[O-])cc([N+](=O)[O-])c1. The van der Waals surface area contributed by atoms with E-state index in [9.17, 15) is 29.8 Å². The molecule has 0 radical (unpaired) electrons. The molecule has 0 saturated heterocycles. The van der Waals surface area contributed by atoms with E-state index in [2.05, 4.69) is 15.8 Å². The number of nitrogens with one attached hydrogen (secondary N) is 2. The fourth-order valence-corrected chi connectivity index (χ4v) is 3.96. The van der Waals surface area contributed by atoms with Gasteiger partial charge in [-0.15, -0.1) is 0 Å². The van der Waals surface area contributed by atoms with Gasteiger partial charge in [0, 0.05) is 29.4 Å². The van der Waals surface area contributed by atoms with E-state index in [1.807, 2.05) is 37.3 Å². The molecule has 2 rings (SSSR count). The number of rotatable bonds is 13. The average Bonchev–Trinajstić information content (AvgIpc) is 2.85. The topological polar surface area (TPSA) is 157 Å². The van der Waals surface area contributed by atoms with Gasteiger partial charge in [0.05, 0.1) is 21.5 Å². The molecule has 0 aliphatic carbocycles. The number of amides is 2. The Bertz CT molecular complexity index is 1060. The molecule has 186 valence electrons. The number of hydrogen-bond acceptors (Lipinski definition) is 8. The van der Waals surface area contributed by atoms with Crippen LogP contribution >= 0.6 is 11.8 Å². The van der Waals surface area contributed by atoms with Crippen molar-refractivity contribution in [2.45, 2.75) is 44.9 Å². The number of benzene rings is 2. The predicted octanol–water partition coefficient (Wildman–Crippen LogP) is 4.22. The molecular weight excluding hydrogens is 474 g/mol. The molecule has 1 atom stereocenters. The fourth-order valence-electron chi connectivity index (χ4n) is 2.95. The molecule has 0 bridgehead atoms. The highest BCUT2D eigenvalue weighted by Crippen LogP contribution is 2.23. The minimum atomic E-state index is -1.03. The first-order chi connectivity index (χ1) is 16.7. The third-order valence-corrected chi connectivity index (χ3v) is 5.96. The van der Waals surface area contributed by atoms with E-state index in [1.165, 1.54) is 11.8 Å². The van der Waals surface area contributed by atoms with Crippen molar-refractivity contribution in [3.63, 3.8) is 0 Å². The van der Waals surface area contributed by atoms with Gasteiger partial charge in [0.25, 0.3) is 23.2 Å². The first-order valence-electron chi connectivity index (χ1n) is 10.9. The van der Waals surface area contributed by atoms with Crippen LogP contribution in [0.25, 0.3) is 0 Å². The van der Waals surface area contributed by atoms with Crippen molar-refractivity contribution in [3.05, 3.63) is 79.9 Å². The van der Waals surface area contributed by atoms with Gasteiger partial charge in [-0.3, -0.25) is 29.8 Å². The normalized spacial score (nSPS) is 12.0. The second kappa shape index (κ2) is 13.8. The van der Waals surface area contributed by atoms with Gasteiger partial charge < -0.3 is 5.32 Å². The quantitative estimate of drug-likeness (QED) is 0.236. The van der Waals surface area contributed by atoms with Gasteiger partial charge in [-0.25, -0.2) is 5.43 Å². The van der Waals surface area contributed by atoms with Crippen molar-refractivity contribution in [2.75, 3.05) is 5.75 Å². The van der Waals surface area contributed by atoms with Gasteiger partial charge >= 0.3 is 0 Å². The van der Waals surface area contributed by atoms with Crippen LogP contribution in [0.1, 0.15) is 49.0 Å². The molecule has 0 spiro atoms. The number of hydrazone groups is 1. The maximum absolute atomic E-state index is 12.8. The van der Waals surface area contributed by atoms with Crippen LogP contribution < -0.4 is 10.7 Å². The highest BCUT2D eigenvalue weighted by Gasteiger charge is 2.25. The lowest BCUT2D eigenvalue weighted by Crippen LogP contribution is -2.47. The van der Waals surface area contributed by atoms with E-state index < -0.39 is 39.1 Å². The molecule has 0 fully saturated rings. The number of non-ortho nitro benzene ring substituents is 2. The Morgan fingerprint density at radius 1 is 1.06 bits per heavy atom. The van der Waals surface area contributed by atoms with Crippen LogP contribution in [0.2, 0.25) is 0 Å². The molecule has 2 amide bonds. The zero-order valence-corrected chi connectivity index (χ0v) is 20.2. The van der Waals surface area contributed by atoms with Crippen LogP contribution in [0.3, 0.4) is 0 Å². The molecule has 0 saturated carbocycles. The summed E-state index contributed by atoms with van der Waals surface area (Å²) in [5, 5.41) is 28.9.